The standard InChI is InChI=1S/CH3BS8/c1-10(3,4)9-8-7-6-5-2/h1H3. The van der Waals surface area contributed by atoms with E-state index < -0.39 is 6.18 Å². The smallest absolute Gasteiger partial charge is 0.151 e. The van der Waals surface area contributed by atoms with Gasteiger partial charge in [-0.15, -0.1) is 0 Å². The second kappa shape index (κ2) is 7.05. The zero-order valence-electron chi connectivity index (χ0n) is 4.84. The second-order valence-corrected chi connectivity index (χ2v) is 18.2. The van der Waals surface area contributed by atoms with Crippen LogP contribution in [0.15, 0.2) is 0 Å². The fourth-order valence-corrected chi connectivity index (χ4v) is 14.6. The maximum absolute atomic E-state index is 5.17. The number of hydrogen-bond acceptors (Lipinski definition) is 7. The van der Waals surface area contributed by atoms with Gasteiger partial charge in [0.15, 0.2) is 7.12 Å². The lowest BCUT2D eigenvalue weighted by atomic mass is 10.8. The first kappa shape index (κ1) is 12.6. The second-order valence-electron chi connectivity index (χ2n) is 1.07. The summed E-state index contributed by atoms with van der Waals surface area (Å²) in [4.78, 5) is 0. The summed E-state index contributed by atoms with van der Waals surface area (Å²) in [6.45, 7) is 0. The molecule has 0 rings (SSSR count). The van der Waals surface area contributed by atoms with Gasteiger partial charge in [0.25, 0.3) is 0 Å². The molecule has 0 aliphatic rings. The van der Waals surface area contributed by atoms with Crippen LogP contribution in [0, 0.1) is 0 Å². The molecule has 10 heavy (non-hydrogen) atoms. The summed E-state index contributed by atoms with van der Waals surface area (Å²) in [5.74, 6) is 0. The van der Waals surface area contributed by atoms with Gasteiger partial charge in [-0.25, -0.2) is 0 Å². The van der Waals surface area contributed by atoms with Crippen molar-refractivity contribution in [3.63, 3.8) is 0 Å². The van der Waals surface area contributed by atoms with Crippen LogP contribution in [0.2, 0.25) is 0 Å². The predicted octanol–water partition coefficient (Wildman–Crippen LogP) is 3.02. The fraction of sp³-hybridized carbons (Fsp3) is 1.00. The molecule has 0 saturated carbocycles. The Morgan fingerprint density at radius 1 is 1.20 bits per heavy atom. The van der Waals surface area contributed by atoms with Crippen LogP contribution in [0.25, 0.3) is 0 Å². The molecule has 0 aromatic carbocycles. The van der Waals surface area contributed by atoms with Gasteiger partial charge in [-0.2, -0.15) is 10.6 Å². The summed E-state index contributed by atoms with van der Waals surface area (Å²) >= 11 is 10.0. The molecule has 0 nitrogen and oxygen atoms in total. The largest absolute Gasteiger partial charge is 0.178 e. The van der Waals surface area contributed by atoms with Gasteiger partial charge in [0, 0.05) is 6.26 Å². The SMILES string of the molecule is [B]SSSSSS(C)(=S)=S. The molecule has 0 saturated heterocycles. The minimum Gasteiger partial charge on any atom is -0.151 e. The van der Waals surface area contributed by atoms with Gasteiger partial charge in [0.2, 0.25) is 0 Å². The van der Waals surface area contributed by atoms with Crippen LogP contribution < -0.4 is 0 Å². The zero-order chi connectivity index (χ0) is 8.04. The first-order chi connectivity index (χ1) is 4.56. The van der Waals surface area contributed by atoms with Crippen LogP contribution in [0.1, 0.15) is 0 Å². The topological polar surface area (TPSA) is 0 Å². The zero-order valence-corrected chi connectivity index (χ0v) is 11.4. The molecule has 0 bridgehead atoms. The molecule has 0 fully saturated rings. The van der Waals surface area contributed by atoms with Crippen molar-refractivity contribution in [3.8, 4) is 0 Å². The van der Waals surface area contributed by atoms with Crippen molar-refractivity contribution in [1.82, 2.24) is 0 Å². The first-order valence-corrected chi connectivity index (χ1v) is 12.4. The Hall–Kier alpha value is 2.60. The fourth-order valence-electron chi connectivity index (χ4n) is 0.0892. The van der Waals surface area contributed by atoms with Crippen LogP contribution in [0.5, 0.6) is 0 Å². The highest BCUT2D eigenvalue weighted by atomic mass is 33.9. The van der Waals surface area contributed by atoms with Gasteiger partial charge >= 0.3 is 0 Å². The van der Waals surface area contributed by atoms with Crippen molar-refractivity contribution in [2.24, 2.45) is 0 Å². The quantitative estimate of drug-likeness (QED) is 0.426. The van der Waals surface area contributed by atoms with Gasteiger partial charge in [0.05, 0.1) is 0 Å². The lowest BCUT2D eigenvalue weighted by molar-refractivity contribution is 2.53. The normalized spacial score (nSPS) is 11.7. The molecular formula is CH3BS8. The van der Waals surface area contributed by atoms with E-state index in [0.717, 1.165) is 0 Å². The number of hydrogen-bond donors (Lipinski definition) is 0. The monoisotopic (exact) mass is 282 g/mol. The Kier molecular flexibility index (Phi) is 8.89. The molecule has 0 N–H and O–H groups in total. The van der Waals surface area contributed by atoms with Crippen molar-refractivity contribution in [3.05, 3.63) is 0 Å². The van der Waals surface area contributed by atoms with Crippen LogP contribution >= 0.6 is 49.9 Å². The van der Waals surface area contributed by atoms with E-state index in [2.05, 4.69) is 0 Å². The molecule has 0 spiro atoms. The molecule has 0 aliphatic carbocycles. The Bertz CT molecular complexity index is 156. The average molecular weight is 282 g/mol. The summed E-state index contributed by atoms with van der Waals surface area (Å²) < 4.78 is 0. The van der Waals surface area contributed by atoms with Crippen LogP contribution in [0.4, 0.5) is 0 Å². The predicted molar refractivity (Wildman–Crippen MR) is 71.7 cm³/mol. The third kappa shape index (κ3) is 10.6. The molecule has 58 valence electrons. The average Bonchev–Trinajstić information content (AvgIpc) is 1.78. The highest BCUT2D eigenvalue weighted by Gasteiger charge is 1.95. The molecule has 0 unspecified atom stereocenters. The Morgan fingerprint density at radius 3 is 2.20 bits per heavy atom. The third-order valence-corrected chi connectivity index (χ3v) is 14.1. The van der Waals surface area contributed by atoms with Gasteiger partial charge in [-0.3, -0.25) is 0 Å². The van der Waals surface area contributed by atoms with E-state index >= 15 is 0 Å². The molecule has 0 aliphatic heterocycles. The minimum atomic E-state index is -1.24. The number of rotatable bonds is 5. The van der Waals surface area contributed by atoms with E-state index in [0.29, 0.717) is 0 Å². The Morgan fingerprint density at radius 2 is 1.80 bits per heavy atom. The van der Waals surface area contributed by atoms with Gasteiger partial charge in [-0.1, -0.05) is 0 Å². The van der Waals surface area contributed by atoms with E-state index in [1.807, 2.05) is 6.26 Å². The lowest BCUT2D eigenvalue weighted by Gasteiger charge is -1.98. The van der Waals surface area contributed by atoms with Crippen LogP contribution in [-0.2, 0) is 28.6 Å². The first-order valence-electron chi connectivity index (χ1n) is 1.81. The molecule has 0 atom stereocenters. The van der Waals surface area contributed by atoms with Crippen molar-refractivity contribution < 1.29 is 0 Å². The maximum atomic E-state index is 5.17. The van der Waals surface area contributed by atoms with Crippen molar-refractivity contribution in [2.75, 3.05) is 6.26 Å². The van der Waals surface area contributed by atoms with E-state index in [1.54, 1.807) is 29.5 Å². The third-order valence-electron chi connectivity index (χ3n) is 0.246. The Balaban J connectivity index is 3.21. The summed E-state index contributed by atoms with van der Waals surface area (Å²) in [5.41, 5.74) is 0. The molecule has 0 amide bonds. The molecule has 0 aromatic heterocycles. The van der Waals surface area contributed by atoms with E-state index in [1.165, 1.54) is 20.5 Å². The molecule has 0 heterocycles. The highest BCUT2D eigenvalue weighted by molar-refractivity contribution is 9.44. The van der Waals surface area contributed by atoms with E-state index in [4.69, 9.17) is 29.5 Å². The summed E-state index contributed by atoms with van der Waals surface area (Å²) in [6.07, 6.45) is 0.670. The van der Waals surface area contributed by atoms with E-state index in [-0.39, 0.29) is 0 Å². The molecular weight excluding hydrogens is 279 g/mol. The van der Waals surface area contributed by atoms with Gasteiger partial charge in [-0.05, 0) is 67.9 Å². The highest BCUT2D eigenvalue weighted by Crippen LogP contribution is 2.49. The van der Waals surface area contributed by atoms with Crippen LogP contribution in [-0.4, -0.2) is 13.4 Å². The van der Waals surface area contributed by atoms with Gasteiger partial charge in [0.1, 0.15) is 0 Å². The van der Waals surface area contributed by atoms with Gasteiger partial charge < -0.3 is 0 Å². The minimum absolute atomic E-state index is 1.24. The maximum Gasteiger partial charge on any atom is 0.178 e. The van der Waals surface area contributed by atoms with Crippen LogP contribution in [0.3, 0.4) is 0 Å². The van der Waals surface area contributed by atoms with Crippen molar-refractivity contribution >= 4 is 85.6 Å². The van der Waals surface area contributed by atoms with Crippen molar-refractivity contribution in [1.29, 1.82) is 0 Å². The molecule has 2 radical (unpaired) electrons. The molecule has 0 aromatic rings. The lowest BCUT2D eigenvalue weighted by Crippen LogP contribution is -1.75. The molecule has 9 heteroatoms. The summed E-state index contributed by atoms with van der Waals surface area (Å²) in [6, 6.07) is 0. The van der Waals surface area contributed by atoms with Crippen molar-refractivity contribution in [2.45, 2.75) is 0 Å². The summed E-state index contributed by atoms with van der Waals surface area (Å²) in [7, 11) is 12.7. The summed E-state index contributed by atoms with van der Waals surface area (Å²) in [5, 5.41) is 0. The van der Waals surface area contributed by atoms with E-state index in [9.17, 15) is 0 Å². The Labute approximate surface area is 90.7 Å².